The fourth-order valence-corrected chi connectivity index (χ4v) is 5.12. The second-order valence-corrected chi connectivity index (χ2v) is 8.51. The maximum absolute atomic E-state index is 13.5. The molecule has 2 aliphatic rings. The summed E-state index contributed by atoms with van der Waals surface area (Å²) < 4.78 is 16.4. The Morgan fingerprint density at radius 1 is 1.06 bits per heavy atom. The Morgan fingerprint density at radius 2 is 1.66 bits per heavy atom. The van der Waals surface area contributed by atoms with Crippen molar-refractivity contribution >= 4 is 29.6 Å². The van der Waals surface area contributed by atoms with E-state index in [9.17, 15) is 14.4 Å². The zero-order chi connectivity index (χ0) is 22.7. The Morgan fingerprint density at radius 3 is 2.19 bits per heavy atom. The molecule has 8 heteroatoms. The van der Waals surface area contributed by atoms with Crippen molar-refractivity contribution in [3.8, 4) is 0 Å². The van der Waals surface area contributed by atoms with Gasteiger partial charge in [-0.1, -0.05) is 60.7 Å². The first-order valence-electron chi connectivity index (χ1n) is 10.1. The number of nitrogens with zero attached hydrogens (tertiary/aromatic N) is 1. The number of carbonyl (C=O) groups excluding carboxylic acids is 3. The van der Waals surface area contributed by atoms with Gasteiger partial charge in [0.1, 0.15) is 17.7 Å². The number of thioether (sulfide) groups is 1. The summed E-state index contributed by atoms with van der Waals surface area (Å²) in [5, 5.41) is -0.317. The molecule has 2 atom stereocenters. The van der Waals surface area contributed by atoms with Crippen molar-refractivity contribution in [3.63, 3.8) is 0 Å². The van der Waals surface area contributed by atoms with Gasteiger partial charge < -0.3 is 14.2 Å². The summed E-state index contributed by atoms with van der Waals surface area (Å²) in [6.45, 7) is 1.22. The predicted octanol–water partition coefficient (Wildman–Crippen LogP) is 3.07. The molecule has 0 radical (unpaired) electrons. The number of β-lactam (4-membered cyclic amide) rings is 1. The minimum absolute atomic E-state index is 0.0811. The van der Waals surface area contributed by atoms with E-state index < -0.39 is 24.1 Å². The van der Waals surface area contributed by atoms with E-state index in [-0.39, 0.29) is 23.6 Å². The third-order valence-corrected chi connectivity index (χ3v) is 6.64. The maximum atomic E-state index is 13.5. The Balaban J connectivity index is 1.68. The molecule has 2 aliphatic heterocycles. The molecule has 0 unspecified atom stereocenters. The van der Waals surface area contributed by atoms with Gasteiger partial charge in [-0.05, 0) is 11.1 Å². The van der Waals surface area contributed by atoms with E-state index in [4.69, 9.17) is 14.2 Å². The average Bonchev–Trinajstić information content (AvgIpc) is 2.81. The fraction of sp³-hybridized carbons (Fsp3) is 0.292. The number of carbonyl (C=O) groups is 3. The van der Waals surface area contributed by atoms with Gasteiger partial charge in [0.05, 0.1) is 0 Å². The standard InChI is InChI=1S/C24H23NO6S/c1-15(26)30-13-18-14-32-23-21(29-2)22(27)25(23)19(18)24(28)31-20(16-9-5-3-6-10-16)17-11-7-4-8-12-17/h3-12,20-21,23H,13-14H2,1-2H3/t21-,23+/m0/s1. The highest BCUT2D eigenvalue weighted by Gasteiger charge is 2.54. The molecule has 1 saturated heterocycles. The highest BCUT2D eigenvalue weighted by molar-refractivity contribution is 8.00. The SMILES string of the molecule is CO[C@H]1C(=O)N2C(C(=O)OC(c3ccccc3)c3ccccc3)=C(COC(C)=O)CS[C@H]12. The van der Waals surface area contributed by atoms with Crippen LogP contribution in [0, 0.1) is 0 Å². The van der Waals surface area contributed by atoms with E-state index in [1.54, 1.807) is 0 Å². The molecule has 2 aromatic rings. The second-order valence-electron chi connectivity index (χ2n) is 7.41. The Bertz CT molecular complexity index is 999. The number of fused-ring (bicyclic) bond motifs is 1. The van der Waals surface area contributed by atoms with Crippen LogP contribution in [-0.2, 0) is 28.6 Å². The molecule has 1 fully saturated rings. The largest absolute Gasteiger partial charge is 0.461 e. The first-order valence-corrected chi connectivity index (χ1v) is 11.2. The fourth-order valence-electron chi connectivity index (χ4n) is 3.77. The third-order valence-electron chi connectivity index (χ3n) is 5.32. The van der Waals surface area contributed by atoms with Crippen LogP contribution in [0.5, 0.6) is 0 Å². The Kier molecular flexibility index (Phi) is 6.62. The molecule has 0 N–H and O–H groups in total. The zero-order valence-electron chi connectivity index (χ0n) is 17.7. The number of methoxy groups -OCH3 is 1. The van der Waals surface area contributed by atoms with E-state index in [1.807, 2.05) is 60.7 Å². The van der Waals surface area contributed by atoms with E-state index in [2.05, 4.69) is 0 Å². The summed E-state index contributed by atoms with van der Waals surface area (Å²) in [6.07, 6.45) is -1.27. The molecule has 7 nitrogen and oxygen atoms in total. The van der Waals surface area contributed by atoms with Crippen molar-refractivity contribution in [2.75, 3.05) is 19.5 Å². The van der Waals surface area contributed by atoms with Crippen molar-refractivity contribution < 1.29 is 28.6 Å². The van der Waals surface area contributed by atoms with Crippen LogP contribution in [0.25, 0.3) is 0 Å². The van der Waals surface area contributed by atoms with Crippen LogP contribution in [0.3, 0.4) is 0 Å². The highest BCUT2D eigenvalue weighted by Crippen LogP contribution is 2.42. The minimum atomic E-state index is -0.657. The quantitative estimate of drug-likeness (QED) is 0.471. The van der Waals surface area contributed by atoms with Crippen molar-refractivity contribution in [1.82, 2.24) is 4.90 Å². The van der Waals surface area contributed by atoms with Crippen molar-refractivity contribution in [2.45, 2.75) is 24.5 Å². The number of benzene rings is 2. The monoisotopic (exact) mass is 453 g/mol. The number of amides is 1. The highest BCUT2D eigenvalue weighted by atomic mass is 32.2. The molecular weight excluding hydrogens is 430 g/mol. The first kappa shape index (κ1) is 22.1. The molecule has 0 saturated carbocycles. The van der Waals surface area contributed by atoms with Gasteiger partial charge in [-0.3, -0.25) is 14.5 Å². The number of rotatable bonds is 7. The van der Waals surface area contributed by atoms with Gasteiger partial charge in [-0.15, -0.1) is 11.8 Å². The lowest BCUT2D eigenvalue weighted by Crippen LogP contribution is -2.65. The normalized spacial score (nSPS) is 20.0. The topological polar surface area (TPSA) is 82.1 Å². The van der Waals surface area contributed by atoms with Gasteiger partial charge in [0.15, 0.2) is 12.2 Å². The molecule has 32 heavy (non-hydrogen) atoms. The van der Waals surface area contributed by atoms with E-state index in [0.29, 0.717) is 11.3 Å². The number of hydrogen-bond acceptors (Lipinski definition) is 7. The summed E-state index contributed by atoms with van der Waals surface area (Å²) in [4.78, 5) is 38.9. The molecule has 0 bridgehead atoms. The van der Waals surface area contributed by atoms with Crippen LogP contribution >= 0.6 is 11.8 Å². The lowest BCUT2D eigenvalue weighted by molar-refractivity contribution is -0.164. The van der Waals surface area contributed by atoms with Crippen LogP contribution < -0.4 is 0 Å². The van der Waals surface area contributed by atoms with Crippen molar-refractivity contribution in [2.24, 2.45) is 0 Å². The smallest absolute Gasteiger partial charge is 0.356 e. The van der Waals surface area contributed by atoms with Gasteiger partial charge in [0.2, 0.25) is 0 Å². The summed E-state index contributed by atoms with van der Waals surface area (Å²) in [7, 11) is 1.47. The molecule has 2 aromatic carbocycles. The molecule has 4 rings (SSSR count). The number of esters is 2. The van der Waals surface area contributed by atoms with Crippen LogP contribution in [0.15, 0.2) is 71.9 Å². The molecule has 166 valence electrons. The van der Waals surface area contributed by atoms with E-state index >= 15 is 0 Å². The maximum Gasteiger partial charge on any atom is 0.356 e. The Hall–Kier alpha value is -3.10. The predicted molar refractivity (Wildman–Crippen MR) is 118 cm³/mol. The van der Waals surface area contributed by atoms with Crippen molar-refractivity contribution in [1.29, 1.82) is 0 Å². The van der Waals surface area contributed by atoms with Gasteiger partial charge >= 0.3 is 11.9 Å². The molecular formula is C24H23NO6S. The average molecular weight is 454 g/mol. The third kappa shape index (κ3) is 4.28. The van der Waals surface area contributed by atoms with Crippen molar-refractivity contribution in [3.05, 3.63) is 83.1 Å². The molecule has 0 aromatic heterocycles. The van der Waals surface area contributed by atoms with Gasteiger partial charge in [0.25, 0.3) is 5.91 Å². The summed E-state index contributed by atoms with van der Waals surface area (Å²) in [5.41, 5.74) is 2.28. The van der Waals surface area contributed by atoms with Crippen LogP contribution in [0.4, 0.5) is 0 Å². The lowest BCUT2D eigenvalue weighted by atomic mass is 10.0. The van der Waals surface area contributed by atoms with Gasteiger partial charge in [-0.2, -0.15) is 0 Å². The Labute approximate surface area is 190 Å². The van der Waals surface area contributed by atoms with Gasteiger partial charge in [-0.25, -0.2) is 4.79 Å². The molecule has 0 aliphatic carbocycles. The molecule has 0 spiro atoms. The van der Waals surface area contributed by atoms with E-state index in [0.717, 1.165) is 11.1 Å². The second kappa shape index (κ2) is 9.58. The lowest BCUT2D eigenvalue weighted by Gasteiger charge is -2.48. The van der Waals surface area contributed by atoms with Crippen LogP contribution in [0.2, 0.25) is 0 Å². The van der Waals surface area contributed by atoms with Gasteiger partial charge in [0, 0.05) is 25.4 Å². The zero-order valence-corrected chi connectivity index (χ0v) is 18.5. The number of ether oxygens (including phenoxy) is 3. The summed E-state index contributed by atoms with van der Waals surface area (Å²) in [6, 6.07) is 18.8. The minimum Gasteiger partial charge on any atom is -0.461 e. The van der Waals surface area contributed by atoms with Crippen LogP contribution in [-0.4, -0.2) is 53.7 Å². The first-order chi connectivity index (χ1) is 15.5. The molecule has 1 amide bonds. The number of hydrogen-bond donors (Lipinski definition) is 0. The van der Waals surface area contributed by atoms with E-state index in [1.165, 1.54) is 30.7 Å². The molecule has 2 heterocycles. The van der Waals surface area contributed by atoms with Crippen LogP contribution in [0.1, 0.15) is 24.2 Å². The summed E-state index contributed by atoms with van der Waals surface area (Å²) in [5.74, 6) is -0.993. The summed E-state index contributed by atoms with van der Waals surface area (Å²) >= 11 is 1.47.